The van der Waals surface area contributed by atoms with Gasteiger partial charge in [-0.1, -0.05) is 20.8 Å². The molecular weight excluding hydrogens is 301 g/mol. The van der Waals surface area contributed by atoms with E-state index >= 15 is 0 Å². The number of nitrogens with two attached hydrogens (primary N) is 1. The molecule has 0 bridgehead atoms. The van der Waals surface area contributed by atoms with E-state index in [2.05, 4.69) is 43.1 Å². The number of halogens is 2. The molecule has 0 aliphatic heterocycles. The molecule has 19 heavy (non-hydrogen) atoms. The molecule has 0 aliphatic rings. The summed E-state index contributed by atoms with van der Waals surface area (Å²) >= 11 is 1.78. The number of aromatic nitrogens is 1. The second kappa shape index (κ2) is 9.94. The van der Waals surface area contributed by atoms with Gasteiger partial charge in [-0.05, 0) is 31.8 Å². The monoisotopic (exact) mass is 327 g/mol. The fourth-order valence-corrected chi connectivity index (χ4v) is 2.77. The van der Waals surface area contributed by atoms with Gasteiger partial charge in [0.15, 0.2) is 0 Å². The minimum absolute atomic E-state index is 0. The van der Waals surface area contributed by atoms with Crippen molar-refractivity contribution in [3.63, 3.8) is 0 Å². The summed E-state index contributed by atoms with van der Waals surface area (Å²) in [5.41, 5.74) is 7.12. The average Bonchev–Trinajstić information content (AvgIpc) is 2.65. The molecule has 0 radical (unpaired) electrons. The molecule has 1 heterocycles. The highest BCUT2D eigenvalue weighted by Crippen LogP contribution is 2.17. The molecule has 3 nitrogen and oxygen atoms in total. The largest absolute Gasteiger partial charge is 0.330 e. The molecule has 0 fully saturated rings. The molecule has 114 valence electrons. The van der Waals surface area contributed by atoms with E-state index in [0.29, 0.717) is 0 Å². The summed E-state index contributed by atoms with van der Waals surface area (Å²) in [6.07, 6.45) is 2.27. The molecule has 1 aromatic heterocycles. The van der Waals surface area contributed by atoms with Gasteiger partial charge in [0.1, 0.15) is 0 Å². The Kier molecular flexibility index (Phi) is 11.2. The lowest BCUT2D eigenvalue weighted by Gasteiger charge is -2.28. The van der Waals surface area contributed by atoms with Crippen molar-refractivity contribution in [3.8, 4) is 0 Å². The summed E-state index contributed by atoms with van der Waals surface area (Å²) in [4.78, 5) is 6.94. The Balaban J connectivity index is 0. The van der Waals surface area contributed by atoms with Gasteiger partial charge in [-0.15, -0.1) is 36.2 Å². The van der Waals surface area contributed by atoms with E-state index in [1.807, 2.05) is 0 Å². The van der Waals surface area contributed by atoms with Crippen molar-refractivity contribution in [1.82, 2.24) is 9.88 Å². The van der Waals surface area contributed by atoms with Crippen LogP contribution in [-0.4, -0.2) is 30.0 Å². The van der Waals surface area contributed by atoms with Crippen molar-refractivity contribution in [2.75, 3.05) is 20.1 Å². The molecule has 2 N–H and O–H groups in total. The van der Waals surface area contributed by atoms with E-state index in [4.69, 9.17) is 5.73 Å². The number of hydrogen-bond donors (Lipinski definition) is 1. The maximum absolute atomic E-state index is 5.75. The van der Waals surface area contributed by atoms with Crippen LogP contribution in [0.4, 0.5) is 0 Å². The highest BCUT2D eigenvalue weighted by molar-refractivity contribution is 7.09. The van der Waals surface area contributed by atoms with Crippen molar-refractivity contribution >= 4 is 36.2 Å². The maximum atomic E-state index is 5.75. The van der Waals surface area contributed by atoms with Gasteiger partial charge in [0.25, 0.3) is 0 Å². The third kappa shape index (κ3) is 8.10. The first-order valence-electron chi connectivity index (χ1n) is 6.28. The first kappa shape index (κ1) is 21.4. The lowest BCUT2D eigenvalue weighted by atomic mass is 9.93. The van der Waals surface area contributed by atoms with Crippen LogP contribution in [0.15, 0.2) is 5.38 Å². The Labute approximate surface area is 133 Å². The average molecular weight is 328 g/mol. The predicted octanol–water partition coefficient (Wildman–Crippen LogP) is 3.36. The highest BCUT2D eigenvalue weighted by Gasteiger charge is 2.18. The SMILES string of the molecule is CCCc1nc(CN(C)CC(C)(C)CN)cs1.Cl.Cl. The van der Waals surface area contributed by atoms with Crippen molar-refractivity contribution in [3.05, 3.63) is 16.1 Å². The topological polar surface area (TPSA) is 42.2 Å². The van der Waals surface area contributed by atoms with Crippen molar-refractivity contribution in [2.45, 2.75) is 40.2 Å². The normalized spacial score (nSPS) is 11.1. The van der Waals surface area contributed by atoms with E-state index in [1.54, 1.807) is 11.3 Å². The quantitative estimate of drug-likeness (QED) is 0.834. The Morgan fingerprint density at radius 1 is 1.37 bits per heavy atom. The smallest absolute Gasteiger partial charge is 0.0928 e. The van der Waals surface area contributed by atoms with E-state index in [9.17, 15) is 0 Å². The number of rotatable bonds is 7. The van der Waals surface area contributed by atoms with Crippen molar-refractivity contribution in [1.29, 1.82) is 0 Å². The van der Waals surface area contributed by atoms with Crippen molar-refractivity contribution in [2.24, 2.45) is 11.1 Å². The fourth-order valence-electron chi connectivity index (χ4n) is 1.88. The minimum atomic E-state index is 0. The Morgan fingerprint density at radius 3 is 2.53 bits per heavy atom. The Hall–Kier alpha value is 0.130. The van der Waals surface area contributed by atoms with Gasteiger partial charge >= 0.3 is 0 Å². The molecular formula is C13H27Cl2N3S. The molecule has 0 saturated heterocycles. The van der Waals surface area contributed by atoms with Gasteiger partial charge in [0, 0.05) is 18.5 Å². The van der Waals surface area contributed by atoms with Crippen LogP contribution in [0, 0.1) is 5.41 Å². The van der Waals surface area contributed by atoms with Gasteiger partial charge in [0.05, 0.1) is 10.7 Å². The zero-order valence-electron chi connectivity index (χ0n) is 12.3. The summed E-state index contributed by atoms with van der Waals surface area (Å²) in [6.45, 7) is 9.24. The summed E-state index contributed by atoms with van der Waals surface area (Å²) in [6, 6.07) is 0. The Bertz CT molecular complexity index is 342. The van der Waals surface area contributed by atoms with Crippen LogP contribution in [0.2, 0.25) is 0 Å². The summed E-state index contributed by atoms with van der Waals surface area (Å²) < 4.78 is 0. The van der Waals surface area contributed by atoms with Crippen LogP contribution < -0.4 is 5.73 Å². The summed E-state index contributed by atoms with van der Waals surface area (Å²) in [5.74, 6) is 0. The zero-order valence-corrected chi connectivity index (χ0v) is 14.8. The molecule has 0 aromatic carbocycles. The molecule has 0 atom stereocenters. The summed E-state index contributed by atoms with van der Waals surface area (Å²) in [5, 5.41) is 3.44. The lowest BCUT2D eigenvalue weighted by Crippen LogP contribution is -2.36. The van der Waals surface area contributed by atoms with E-state index in [-0.39, 0.29) is 30.2 Å². The third-order valence-corrected chi connectivity index (χ3v) is 3.70. The van der Waals surface area contributed by atoms with Gasteiger partial charge in [-0.25, -0.2) is 4.98 Å². The molecule has 0 unspecified atom stereocenters. The van der Waals surface area contributed by atoms with Gasteiger partial charge in [-0.2, -0.15) is 0 Å². The Morgan fingerprint density at radius 2 is 2.00 bits per heavy atom. The number of thiazole rings is 1. The molecule has 0 amide bonds. The number of hydrogen-bond acceptors (Lipinski definition) is 4. The van der Waals surface area contributed by atoms with Crippen LogP contribution in [0.5, 0.6) is 0 Å². The standard InChI is InChI=1S/C13H25N3S.2ClH/c1-5-6-12-15-11(8-17-12)7-16(4)10-13(2,3)9-14;;/h8H,5-7,9-10,14H2,1-4H3;2*1H. The molecule has 1 aromatic rings. The maximum Gasteiger partial charge on any atom is 0.0928 e. The molecule has 6 heteroatoms. The van der Waals surface area contributed by atoms with Crippen LogP contribution in [0.3, 0.4) is 0 Å². The first-order chi connectivity index (χ1) is 7.96. The van der Waals surface area contributed by atoms with E-state index in [1.165, 1.54) is 17.1 Å². The predicted molar refractivity (Wildman–Crippen MR) is 89.8 cm³/mol. The number of nitrogens with zero attached hydrogens (tertiary/aromatic N) is 2. The first-order valence-corrected chi connectivity index (χ1v) is 7.16. The van der Waals surface area contributed by atoms with Crippen LogP contribution >= 0.6 is 36.2 Å². The van der Waals surface area contributed by atoms with Gasteiger partial charge in [-0.3, -0.25) is 4.90 Å². The molecule has 0 aliphatic carbocycles. The summed E-state index contributed by atoms with van der Waals surface area (Å²) in [7, 11) is 2.14. The van der Waals surface area contributed by atoms with E-state index in [0.717, 1.165) is 26.1 Å². The highest BCUT2D eigenvalue weighted by atomic mass is 35.5. The van der Waals surface area contributed by atoms with Gasteiger partial charge in [0.2, 0.25) is 0 Å². The van der Waals surface area contributed by atoms with Gasteiger partial charge < -0.3 is 5.73 Å². The third-order valence-electron chi connectivity index (χ3n) is 2.75. The fraction of sp³-hybridized carbons (Fsp3) is 0.769. The second-order valence-electron chi connectivity index (χ2n) is 5.52. The minimum Gasteiger partial charge on any atom is -0.330 e. The lowest BCUT2D eigenvalue weighted by molar-refractivity contribution is 0.208. The molecule has 0 spiro atoms. The zero-order chi connectivity index (χ0) is 12.9. The van der Waals surface area contributed by atoms with Crippen molar-refractivity contribution < 1.29 is 0 Å². The van der Waals surface area contributed by atoms with Crippen LogP contribution in [0.25, 0.3) is 0 Å². The second-order valence-corrected chi connectivity index (χ2v) is 6.47. The molecule has 0 saturated carbocycles. The molecule has 1 rings (SSSR count). The van der Waals surface area contributed by atoms with Crippen LogP contribution in [0.1, 0.15) is 37.9 Å². The van der Waals surface area contributed by atoms with E-state index < -0.39 is 0 Å². The number of aryl methyl sites for hydroxylation is 1. The van der Waals surface area contributed by atoms with Crippen LogP contribution in [-0.2, 0) is 13.0 Å².